The molecule has 0 saturated heterocycles. The standard InChI is InChI=1S/C29H28Cl2N4O5S/c1-29(2,3)18-8-10-20(11-9-18)35(28(40)34-27-33-22-13-19(30)12-21(31)24(22)41-27)15-16-4-6-17(7-5-16)25(37)32-14-23(36)26(38)39/h4-13,23,36H,14-15H2,1-3H3,(H,32,37)(H,38,39)(H,33,34,40)/t23-/m1/s1. The fraction of sp³-hybridized carbons (Fsp3) is 0.241. The molecule has 3 aromatic carbocycles. The molecular weight excluding hydrogens is 587 g/mol. The van der Waals surface area contributed by atoms with E-state index in [2.05, 4.69) is 36.4 Å². The van der Waals surface area contributed by atoms with Gasteiger partial charge < -0.3 is 15.5 Å². The summed E-state index contributed by atoms with van der Waals surface area (Å²) in [6.45, 7) is 6.08. The van der Waals surface area contributed by atoms with E-state index in [0.29, 0.717) is 31.1 Å². The molecule has 1 heterocycles. The second-order valence-electron chi connectivity index (χ2n) is 10.3. The number of amides is 3. The van der Waals surface area contributed by atoms with Crippen molar-refractivity contribution in [3.05, 3.63) is 87.4 Å². The number of fused-ring (bicyclic) bond motifs is 1. The number of nitrogens with one attached hydrogen (secondary N) is 2. The summed E-state index contributed by atoms with van der Waals surface area (Å²) in [5.41, 5.74) is 3.30. The molecule has 1 aromatic heterocycles. The molecule has 0 unspecified atom stereocenters. The largest absolute Gasteiger partial charge is 0.479 e. The zero-order valence-corrected chi connectivity index (χ0v) is 24.8. The van der Waals surface area contributed by atoms with Gasteiger partial charge in [0.05, 0.1) is 28.3 Å². The summed E-state index contributed by atoms with van der Waals surface area (Å²) in [6.07, 6.45) is -1.70. The Balaban J connectivity index is 1.57. The molecule has 4 N–H and O–H groups in total. The predicted octanol–water partition coefficient (Wildman–Crippen LogP) is 6.31. The van der Waals surface area contributed by atoms with Crippen molar-refractivity contribution in [3.63, 3.8) is 0 Å². The van der Waals surface area contributed by atoms with Gasteiger partial charge in [0.25, 0.3) is 5.91 Å². The number of carboxylic acid groups (broad SMARTS) is 1. The van der Waals surface area contributed by atoms with Crippen LogP contribution >= 0.6 is 34.5 Å². The minimum atomic E-state index is -1.70. The van der Waals surface area contributed by atoms with Gasteiger partial charge in [-0.1, -0.05) is 79.6 Å². The number of anilines is 2. The number of urea groups is 1. The number of rotatable bonds is 8. The number of benzene rings is 3. The van der Waals surface area contributed by atoms with Crippen LogP contribution in [0, 0.1) is 0 Å². The molecule has 214 valence electrons. The quantitative estimate of drug-likeness (QED) is 0.184. The number of aliphatic hydroxyl groups is 1. The van der Waals surface area contributed by atoms with Crippen LogP contribution in [0.25, 0.3) is 10.2 Å². The average Bonchev–Trinajstić information content (AvgIpc) is 3.32. The third-order valence-electron chi connectivity index (χ3n) is 6.21. The van der Waals surface area contributed by atoms with E-state index in [1.54, 1.807) is 41.3 Å². The molecule has 0 bridgehead atoms. The van der Waals surface area contributed by atoms with Crippen LogP contribution < -0.4 is 15.5 Å². The summed E-state index contributed by atoms with van der Waals surface area (Å²) in [5.74, 6) is -1.95. The van der Waals surface area contributed by atoms with E-state index in [1.807, 2.05) is 24.3 Å². The van der Waals surface area contributed by atoms with E-state index < -0.39 is 30.6 Å². The summed E-state index contributed by atoms with van der Waals surface area (Å²) in [6, 6.07) is 17.1. The zero-order valence-electron chi connectivity index (χ0n) is 22.4. The molecule has 4 aromatic rings. The van der Waals surface area contributed by atoms with E-state index in [1.165, 1.54) is 11.3 Å². The molecule has 41 heavy (non-hydrogen) atoms. The highest BCUT2D eigenvalue weighted by atomic mass is 35.5. The third kappa shape index (κ3) is 7.53. The van der Waals surface area contributed by atoms with E-state index >= 15 is 0 Å². The number of thiazole rings is 1. The third-order valence-corrected chi connectivity index (χ3v) is 7.86. The number of hydrogen-bond donors (Lipinski definition) is 4. The number of aliphatic hydroxyl groups excluding tert-OH is 1. The van der Waals surface area contributed by atoms with Crippen LogP contribution in [0.3, 0.4) is 0 Å². The highest BCUT2D eigenvalue weighted by Gasteiger charge is 2.21. The molecule has 0 aliphatic rings. The Labute approximate surface area is 250 Å². The lowest BCUT2D eigenvalue weighted by atomic mass is 9.87. The van der Waals surface area contributed by atoms with E-state index in [9.17, 15) is 19.5 Å². The van der Waals surface area contributed by atoms with Crippen molar-refractivity contribution in [2.24, 2.45) is 0 Å². The minimum Gasteiger partial charge on any atom is -0.479 e. The molecule has 1 atom stereocenters. The molecular formula is C29H28Cl2N4O5S. The van der Waals surface area contributed by atoms with Crippen LogP contribution in [0.1, 0.15) is 42.3 Å². The Kier molecular flexibility index (Phi) is 9.18. The van der Waals surface area contributed by atoms with Crippen molar-refractivity contribution in [3.8, 4) is 0 Å². The van der Waals surface area contributed by atoms with Gasteiger partial charge in [0.15, 0.2) is 11.2 Å². The van der Waals surface area contributed by atoms with Gasteiger partial charge in [-0.05, 0) is 52.9 Å². The first-order valence-corrected chi connectivity index (χ1v) is 14.1. The lowest BCUT2D eigenvalue weighted by molar-refractivity contribution is -0.146. The number of halogens is 2. The summed E-state index contributed by atoms with van der Waals surface area (Å²) in [4.78, 5) is 42.8. The average molecular weight is 616 g/mol. The Hall–Kier alpha value is -3.70. The van der Waals surface area contributed by atoms with Crippen molar-refractivity contribution in [1.29, 1.82) is 0 Å². The minimum absolute atomic E-state index is 0.0654. The van der Waals surface area contributed by atoms with Gasteiger partial charge >= 0.3 is 12.0 Å². The summed E-state index contributed by atoms with van der Waals surface area (Å²) in [5, 5.41) is 24.7. The molecule has 0 spiro atoms. The predicted molar refractivity (Wildman–Crippen MR) is 162 cm³/mol. The summed E-state index contributed by atoms with van der Waals surface area (Å²) < 4.78 is 0.706. The second kappa shape index (κ2) is 12.4. The Bertz CT molecular complexity index is 1580. The topological polar surface area (TPSA) is 132 Å². The highest BCUT2D eigenvalue weighted by Crippen LogP contribution is 2.35. The molecule has 0 aliphatic carbocycles. The maximum atomic E-state index is 13.6. The van der Waals surface area contributed by atoms with Crippen molar-refractivity contribution in [2.75, 3.05) is 16.8 Å². The number of carbonyl (C=O) groups is 3. The van der Waals surface area contributed by atoms with Crippen LogP contribution in [0.15, 0.2) is 60.7 Å². The molecule has 0 aliphatic heterocycles. The van der Waals surface area contributed by atoms with Crippen LogP contribution in [0.2, 0.25) is 10.0 Å². The summed E-state index contributed by atoms with van der Waals surface area (Å²) >= 11 is 13.7. The Morgan fingerprint density at radius 3 is 2.29 bits per heavy atom. The van der Waals surface area contributed by atoms with Gasteiger partial charge in [-0.15, -0.1) is 0 Å². The SMILES string of the molecule is CC(C)(C)c1ccc(N(Cc2ccc(C(=O)NC[C@@H](O)C(=O)O)cc2)C(=O)Nc2nc3cc(Cl)cc(Cl)c3s2)cc1. The van der Waals surface area contributed by atoms with Crippen LogP contribution in [0.4, 0.5) is 15.6 Å². The number of aromatic nitrogens is 1. The Morgan fingerprint density at radius 2 is 1.68 bits per heavy atom. The number of carbonyl (C=O) groups excluding carboxylic acids is 2. The van der Waals surface area contributed by atoms with Crippen LogP contribution in [0.5, 0.6) is 0 Å². The maximum absolute atomic E-state index is 13.6. The van der Waals surface area contributed by atoms with E-state index in [4.69, 9.17) is 28.3 Å². The first-order chi connectivity index (χ1) is 19.3. The molecule has 4 rings (SSSR count). The first kappa shape index (κ1) is 30.3. The van der Waals surface area contributed by atoms with Gasteiger partial charge in [-0.25, -0.2) is 14.6 Å². The highest BCUT2D eigenvalue weighted by molar-refractivity contribution is 7.23. The van der Waals surface area contributed by atoms with Gasteiger partial charge in [0.2, 0.25) is 0 Å². The normalized spacial score (nSPS) is 12.1. The molecule has 3 amide bonds. The zero-order chi connectivity index (χ0) is 29.9. The van der Waals surface area contributed by atoms with Gasteiger partial charge in [0, 0.05) is 16.3 Å². The molecule has 12 heteroatoms. The number of carboxylic acids is 1. The second-order valence-corrected chi connectivity index (χ2v) is 12.2. The van der Waals surface area contributed by atoms with Crippen molar-refractivity contribution in [2.45, 2.75) is 38.8 Å². The van der Waals surface area contributed by atoms with Crippen LogP contribution in [-0.4, -0.2) is 45.8 Å². The maximum Gasteiger partial charge on any atom is 0.334 e. The molecule has 0 saturated carbocycles. The molecule has 0 fully saturated rings. The summed E-state index contributed by atoms with van der Waals surface area (Å²) in [7, 11) is 0. The molecule has 0 radical (unpaired) electrons. The number of aliphatic carboxylic acids is 1. The first-order valence-electron chi connectivity index (χ1n) is 12.5. The number of nitrogens with zero attached hydrogens (tertiary/aromatic N) is 2. The van der Waals surface area contributed by atoms with Crippen molar-refractivity contribution >= 4 is 73.5 Å². The van der Waals surface area contributed by atoms with E-state index in [-0.39, 0.29) is 17.5 Å². The van der Waals surface area contributed by atoms with Crippen LogP contribution in [-0.2, 0) is 16.8 Å². The van der Waals surface area contributed by atoms with Crippen molar-refractivity contribution < 1.29 is 24.6 Å². The molecule has 9 nitrogen and oxygen atoms in total. The smallest absolute Gasteiger partial charge is 0.334 e. The lowest BCUT2D eigenvalue weighted by Gasteiger charge is -2.25. The van der Waals surface area contributed by atoms with Gasteiger partial charge in [0.1, 0.15) is 0 Å². The monoisotopic (exact) mass is 614 g/mol. The lowest BCUT2D eigenvalue weighted by Crippen LogP contribution is -2.36. The number of hydrogen-bond acceptors (Lipinski definition) is 6. The van der Waals surface area contributed by atoms with E-state index in [0.717, 1.165) is 11.1 Å². The van der Waals surface area contributed by atoms with Gasteiger partial charge in [-0.3, -0.25) is 15.0 Å². The fourth-order valence-electron chi connectivity index (χ4n) is 3.92. The van der Waals surface area contributed by atoms with Gasteiger partial charge in [-0.2, -0.15) is 0 Å². The van der Waals surface area contributed by atoms with Crippen molar-refractivity contribution in [1.82, 2.24) is 10.3 Å². The Morgan fingerprint density at radius 1 is 1.02 bits per heavy atom. The fourth-order valence-corrected chi connectivity index (χ4v) is 5.36.